The molecule has 1 aliphatic heterocycles. The molecule has 98 valence electrons. The van der Waals surface area contributed by atoms with Crippen molar-refractivity contribution in [1.29, 1.82) is 0 Å². The molecule has 2 rings (SSSR count). The number of aromatic amines is 1. The van der Waals surface area contributed by atoms with E-state index in [0.717, 1.165) is 5.69 Å². The second-order valence-corrected chi connectivity index (χ2v) is 4.40. The molecule has 0 radical (unpaired) electrons. The van der Waals surface area contributed by atoms with Crippen LogP contribution in [0.1, 0.15) is 16.1 Å². The zero-order valence-corrected chi connectivity index (χ0v) is 10.4. The SMILES string of the molecule is CO[C@H]1CNCC1NC(=O)c1ccc(C)[nH]c1=O. The van der Waals surface area contributed by atoms with Crippen LogP contribution in [0.4, 0.5) is 0 Å². The van der Waals surface area contributed by atoms with Crippen LogP contribution in [0.25, 0.3) is 0 Å². The van der Waals surface area contributed by atoms with Crippen molar-refractivity contribution < 1.29 is 9.53 Å². The van der Waals surface area contributed by atoms with Crippen LogP contribution >= 0.6 is 0 Å². The monoisotopic (exact) mass is 251 g/mol. The molecule has 6 heteroatoms. The van der Waals surface area contributed by atoms with Crippen molar-refractivity contribution in [1.82, 2.24) is 15.6 Å². The van der Waals surface area contributed by atoms with Gasteiger partial charge < -0.3 is 20.4 Å². The minimum Gasteiger partial charge on any atom is -0.378 e. The number of pyridine rings is 1. The lowest BCUT2D eigenvalue weighted by atomic mass is 10.2. The maximum absolute atomic E-state index is 12.0. The van der Waals surface area contributed by atoms with Crippen molar-refractivity contribution in [2.75, 3.05) is 20.2 Å². The first-order valence-corrected chi connectivity index (χ1v) is 5.86. The summed E-state index contributed by atoms with van der Waals surface area (Å²) in [7, 11) is 1.61. The Hall–Kier alpha value is -1.66. The highest BCUT2D eigenvalue weighted by Crippen LogP contribution is 2.04. The predicted molar refractivity (Wildman–Crippen MR) is 66.7 cm³/mol. The van der Waals surface area contributed by atoms with Crippen molar-refractivity contribution in [3.8, 4) is 0 Å². The molecule has 0 aliphatic carbocycles. The summed E-state index contributed by atoms with van der Waals surface area (Å²) in [5, 5.41) is 5.94. The topological polar surface area (TPSA) is 83.2 Å². The third-order valence-electron chi connectivity index (χ3n) is 3.08. The van der Waals surface area contributed by atoms with E-state index >= 15 is 0 Å². The lowest BCUT2D eigenvalue weighted by Crippen LogP contribution is -2.44. The van der Waals surface area contributed by atoms with Gasteiger partial charge in [-0.15, -0.1) is 0 Å². The minimum absolute atomic E-state index is 0.0570. The molecule has 0 bridgehead atoms. The second kappa shape index (κ2) is 5.32. The van der Waals surface area contributed by atoms with Crippen LogP contribution in [0, 0.1) is 6.92 Å². The molecule has 1 amide bonds. The van der Waals surface area contributed by atoms with Crippen LogP contribution in [0.5, 0.6) is 0 Å². The van der Waals surface area contributed by atoms with Crippen LogP contribution in [-0.4, -0.2) is 43.2 Å². The van der Waals surface area contributed by atoms with E-state index in [0.29, 0.717) is 13.1 Å². The lowest BCUT2D eigenvalue weighted by molar-refractivity contribution is 0.0778. The molecule has 1 aliphatic rings. The Kier molecular flexibility index (Phi) is 3.78. The van der Waals surface area contributed by atoms with Crippen molar-refractivity contribution in [2.45, 2.75) is 19.1 Å². The van der Waals surface area contributed by atoms with Gasteiger partial charge in [0.1, 0.15) is 5.56 Å². The number of carbonyl (C=O) groups excluding carboxylic acids is 1. The number of amides is 1. The van der Waals surface area contributed by atoms with E-state index in [-0.39, 0.29) is 29.2 Å². The fourth-order valence-electron chi connectivity index (χ4n) is 2.04. The molecule has 1 aromatic rings. The van der Waals surface area contributed by atoms with Gasteiger partial charge in [-0.2, -0.15) is 0 Å². The number of methoxy groups -OCH3 is 1. The summed E-state index contributed by atoms with van der Waals surface area (Å²) in [6, 6.07) is 3.13. The van der Waals surface area contributed by atoms with E-state index < -0.39 is 0 Å². The Balaban J connectivity index is 2.10. The molecule has 0 aromatic carbocycles. The molecule has 18 heavy (non-hydrogen) atoms. The van der Waals surface area contributed by atoms with Gasteiger partial charge in [-0.25, -0.2) is 0 Å². The summed E-state index contributed by atoms with van der Waals surface area (Å²) in [4.78, 5) is 26.2. The summed E-state index contributed by atoms with van der Waals surface area (Å²) in [6.45, 7) is 3.12. The zero-order valence-electron chi connectivity index (χ0n) is 10.4. The summed E-state index contributed by atoms with van der Waals surface area (Å²) in [6.07, 6.45) is -0.0570. The molecule has 1 unspecified atom stereocenters. The van der Waals surface area contributed by atoms with Crippen LogP contribution in [0.3, 0.4) is 0 Å². The third kappa shape index (κ3) is 2.60. The highest BCUT2D eigenvalue weighted by atomic mass is 16.5. The maximum Gasteiger partial charge on any atom is 0.260 e. The Labute approximate surface area is 105 Å². The zero-order chi connectivity index (χ0) is 13.1. The number of aromatic nitrogens is 1. The van der Waals surface area contributed by atoms with Crippen molar-refractivity contribution in [3.63, 3.8) is 0 Å². The standard InChI is InChI=1S/C12H17N3O3/c1-7-3-4-8(11(16)14-7)12(17)15-9-5-13-6-10(9)18-2/h3-4,9-10,13H,5-6H2,1-2H3,(H,14,16)(H,15,17)/t9?,10-/m0/s1. The smallest absolute Gasteiger partial charge is 0.260 e. The number of aryl methyl sites for hydroxylation is 1. The predicted octanol–water partition coefficient (Wildman–Crippen LogP) is -0.600. The van der Waals surface area contributed by atoms with Crippen LogP contribution in [0.15, 0.2) is 16.9 Å². The van der Waals surface area contributed by atoms with E-state index in [2.05, 4.69) is 15.6 Å². The van der Waals surface area contributed by atoms with Crippen molar-refractivity contribution >= 4 is 5.91 Å². The first kappa shape index (κ1) is 12.8. The molecule has 0 saturated carbocycles. The van der Waals surface area contributed by atoms with Gasteiger partial charge in [0.25, 0.3) is 11.5 Å². The fourth-order valence-corrected chi connectivity index (χ4v) is 2.04. The molecule has 2 heterocycles. The molecule has 3 N–H and O–H groups in total. The van der Waals surface area contributed by atoms with Gasteiger partial charge in [-0.3, -0.25) is 9.59 Å². The summed E-state index contributed by atoms with van der Waals surface area (Å²) < 4.78 is 5.25. The highest BCUT2D eigenvalue weighted by Gasteiger charge is 2.28. The average molecular weight is 251 g/mol. The van der Waals surface area contributed by atoms with Gasteiger partial charge in [0.2, 0.25) is 0 Å². The molecular formula is C12H17N3O3. The second-order valence-electron chi connectivity index (χ2n) is 4.40. The van der Waals surface area contributed by atoms with Gasteiger partial charge in [-0.05, 0) is 19.1 Å². The van der Waals surface area contributed by atoms with Crippen LogP contribution in [0.2, 0.25) is 0 Å². The molecule has 2 atom stereocenters. The quantitative estimate of drug-likeness (QED) is 0.670. The van der Waals surface area contributed by atoms with Crippen molar-refractivity contribution in [2.24, 2.45) is 0 Å². The fraction of sp³-hybridized carbons (Fsp3) is 0.500. The van der Waals surface area contributed by atoms with E-state index in [1.54, 1.807) is 20.1 Å². The van der Waals surface area contributed by atoms with E-state index in [4.69, 9.17) is 4.74 Å². The number of hydrogen-bond donors (Lipinski definition) is 3. The van der Waals surface area contributed by atoms with Gasteiger partial charge in [0.05, 0.1) is 12.1 Å². The van der Waals surface area contributed by atoms with Gasteiger partial charge in [0.15, 0.2) is 0 Å². The Morgan fingerprint density at radius 1 is 1.44 bits per heavy atom. The third-order valence-corrected chi connectivity index (χ3v) is 3.08. The molecular weight excluding hydrogens is 234 g/mol. The number of nitrogens with one attached hydrogen (secondary N) is 3. The summed E-state index contributed by atoms with van der Waals surface area (Å²) in [5.74, 6) is -0.369. The summed E-state index contributed by atoms with van der Waals surface area (Å²) >= 11 is 0. The van der Waals surface area contributed by atoms with E-state index in [1.165, 1.54) is 6.07 Å². The van der Waals surface area contributed by atoms with E-state index in [1.807, 2.05) is 0 Å². The molecule has 1 aromatic heterocycles. The highest BCUT2D eigenvalue weighted by molar-refractivity contribution is 5.94. The Morgan fingerprint density at radius 3 is 2.89 bits per heavy atom. The summed E-state index contributed by atoms with van der Waals surface area (Å²) in [5.41, 5.74) is 0.489. The number of hydrogen-bond acceptors (Lipinski definition) is 4. The largest absolute Gasteiger partial charge is 0.378 e. The number of ether oxygens (including phenoxy) is 1. The van der Waals surface area contributed by atoms with Gasteiger partial charge >= 0.3 is 0 Å². The Morgan fingerprint density at radius 2 is 2.22 bits per heavy atom. The van der Waals surface area contributed by atoms with Gasteiger partial charge in [-0.1, -0.05) is 0 Å². The van der Waals surface area contributed by atoms with E-state index in [9.17, 15) is 9.59 Å². The molecule has 6 nitrogen and oxygen atoms in total. The maximum atomic E-state index is 12.0. The average Bonchev–Trinajstić information content (AvgIpc) is 2.76. The van der Waals surface area contributed by atoms with Crippen LogP contribution < -0.4 is 16.2 Å². The number of carbonyl (C=O) groups is 1. The lowest BCUT2D eigenvalue weighted by Gasteiger charge is -2.18. The number of H-pyrrole nitrogens is 1. The van der Waals surface area contributed by atoms with Crippen LogP contribution in [-0.2, 0) is 4.74 Å². The minimum atomic E-state index is -0.369. The first-order valence-electron chi connectivity index (χ1n) is 5.86. The molecule has 1 saturated heterocycles. The molecule has 0 spiro atoms. The van der Waals surface area contributed by atoms with Gasteiger partial charge in [0, 0.05) is 25.9 Å². The normalized spacial score (nSPS) is 23.0. The van der Waals surface area contributed by atoms with Crippen molar-refractivity contribution in [3.05, 3.63) is 33.7 Å². The number of rotatable bonds is 3. The first-order chi connectivity index (χ1) is 8.61. The molecule has 1 fully saturated rings. The Bertz CT molecular complexity index is 498.